The number of hydrogen-bond donors (Lipinski definition) is 2. The van der Waals surface area contributed by atoms with Crippen LogP contribution in [0.3, 0.4) is 0 Å². The van der Waals surface area contributed by atoms with Crippen LogP contribution in [-0.4, -0.2) is 9.13 Å². The highest BCUT2D eigenvalue weighted by molar-refractivity contribution is 5.66. The zero-order chi connectivity index (χ0) is 23.1. The van der Waals surface area contributed by atoms with Crippen molar-refractivity contribution in [2.75, 3.05) is 11.5 Å². The van der Waals surface area contributed by atoms with Crippen LogP contribution in [0.25, 0.3) is 22.8 Å². The lowest BCUT2D eigenvalue weighted by Crippen LogP contribution is -3.00. The van der Waals surface area contributed by atoms with E-state index in [4.69, 9.17) is 11.5 Å². The molecular formula is C26H42Cl2N6. The normalized spacial score (nSPS) is 10.7. The van der Waals surface area contributed by atoms with Gasteiger partial charge in [-0.3, -0.25) is 0 Å². The molecule has 6 nitrogen and oxygen atoms in total. The topological polar surface area (TPSA) is 69.7 Å². The summed E-state index contributed by atoms with van der Waals surface area (Å²) in [6, 6.07) is 8.77. The highest BCUT2D eigenvalue weighted by Gasteiger charge is 2.25. The zero-order valence-electron chi connectivity index (χ0n) is 21.2. The second kappa shape index (κ2) is 14.3. The molecule has 0 spiro atoms. The molecular weight excluding hydrogens is 467 g/mol. The lowest BCUT2D eigenvalue weighted by atomic mass is 10.1. The maximum Gasteiger partial charge on any atom is 0.290 e. The minimum absolute atomic E-state index is 0. The number of hydrogen-bond acceptors (Lipinski definition) is 2. The van der Waals surface area contributed by atoms with Crippen molar-refractivity contribution in [3.8, 4) is 22.8 Å². The third-order valence-electron chi connectivity index (χ3n) is 6.30. The van der Waals surface area contributed by atoms with Crippen LogP contribution in [0.2, 0.25) is 0 Å². The second-order valence-corrected chi connectivity index (χ2v) is 8.98. The molecule has 0 fully saturated rings. The predicted molar refractivity (Wildman–Crippen MR) is 133 cm³/mol. The molecule has 0 unspecified atom stereocenters. The van der Waals surface area contributed by atoms with Crippen LogP contribution < -0.4 is 45.4 Å². The molecule has 0 radical (unpaired) electrons. The van der Waals surface area contributed by atoms with Gasteiger partial charge in [-0.15, -0.1) is 0 Å². The standard InChI is InChI=1S/C26H42N6.2ClH/c1-5-7-9-11-16-31-23(27)19-29(3)25(31)21-14-13-15-22(18-21)26-30(4)20-24(28)32(26)17-12-10-8-6-2;;/h13-15,18-20H,5-12,16-17,27-28H2,1-4H3;2*1H/q+2;;/p-2. The van der Waals surface area contributed by atoms with Gasteiger partial charge in [0, 0.05) is 0 Å². The van der Waals surface area contributed by atoms with Gasteiger partial charge in [-0.25, -0.2) is 18.3 Å². The summed E-state index contributed by atoms with van der Waals surface area (Å²) in [4.78, 5) is 0. The number of unbranched alkanes of at least 4 members (excludes halogenated alkanes) is 6. The Labute approximate surface area is 217 Å². The Balaban J connectivity index is 0.00000289. The summed E-state index contributed by atoms with van der Waals surface area (Å²) in [5.74, 6) is 3.94. The Hall–Kier alpha value is -2.18. The van der Waals surface area contributed by atoms with E-state index in [1.54, 1.807) is 0 Å². The first-order valence-corrected chi connectivity index (χ1v) is 12.3. The lowest BCUT2D eigenvalue weighted by Gasteiger charge is -2.07. The fourth-order valence-electron chi connectivity index (χ4n) is 4.66. The molecule has 0 amide bonds. The molecule has 3 aromatic rings. The third-order valence-corrected chi connectivity index (χ3v) is 6.30. The number of benzene rings is 1. The van der Waals surface area contributed by atoms with Gasteiger partial charge in [0.15, 0.2) is 12.4 Å². The number of nitrogen functional groups attached to an aromatic ring is 2. The Kier molecular flexibility index (Phi) is 12.5. The number of aromatic nitrogens is 4. The maximum absolute atomic E-state index is 6.39. The molecule has 2 heterocycles. The van der Waals surface area contributed by atoms with E-state index < -0.39 is 0 Å². The zero-order valence-corrected chi connectivity index (χ0v) is 22.7. The Morgan fingerprint density at radius 1 is 0.676 bits per heavy atom. The molecule has 1 aromatic carbocycles. The average molecular weight is 510 g/mol. The number of rotatable bonds is 12. The predicted octanol–water partition coefficient (Wildman–Crippen LogP) is -1.39. The van der Waals surface area contributed by atoms with E-state index in [9.17, 15) is 0 Å². The molecule has 0 aliphatic heterocycles. The van der Waals surface area contributed by atoms with Gasteiger partial charge in [-0.2, -0.15) is 0 Å². The van der Waals surface area contributed by atoms with Crippen molar-refractivity contribution in [3.63, 3.8) is 0 Å². The first-order chi connectivity index (χ1) is 15.5. The molecule has 8 heteroatoms. The van der Waals surface area contributed by atoms with Crippen LogP contribution in [0.1, 0.15) is 65.2 Å². The van der Waals surface area contributed by atoms with Crippen molar-refractivity contribution in [3.05, 3.63) is 36.7 Å². The van der Waals surface area contributed by atoms with Gasteiger partial charge in [0.1, 0.15) is 0 Å². The summed E-state index contributed by atoms with van der Waals surface area (Å²) < 4.78 is 8.80. The quantitative estimate of drug-likeness (QED) is 0.233. The van der Waals surface area contributed by atoms with Gasteiger partial charge in [0.05, 0.1) is 38.3 Å². The van der Waals surface area contributed by atoms with Crippen LogP contribution in [-0.2, 0) is 27.2 Å². The number of aryl methyl sites for hydroxylation is 2. The number of imidazole rings is 2. The number of nitrogens with zero attached hydrogens (tertiary/aromatic N) is 4. The highest BCUT2D eigenvalue weighted by atomic mass is 35.5. The van der Waals surface area contributed by atoms with Crippen LogP contribution in [0.15, 0.2) is 36.7 Å². The molecule has 0 aliphatic carbocycles. The van der Waals surface area contributed by atoms with E-state index in [1.165, 1.54) is 49.7 Å². The summed E-state index contributed by atoms with van der Waals surface area (Å²) in [5, 5.41) is 0. The molecule has 3 rings (SSSR count). The number of halogens is 2. The van der Waals surface area contributed by atoms with E-state index in [1.807, 2.05) is 12.4 Å². The van der Waals surface area contributed by atoms with Crippen LogP contribution in [0, 0.1) is 0 Å². The molecule has 0 atom stereocenters. The Morgan fingerprint density at radius 2 is 1.09 bits per heavy atom. The monoisotopic (exact) mass is 508 g/mol. The Morgan fingerprint density at radius 3 is 1.47 bits per heavy atom. The summed E-state index contributed by atoms with van der Waals surface area (Å²) >= 11 is 0. The summed E-state index contributed by atoms with van der Waals surface area (Å²) in [6.45, 7) is 6.38. The molecule has 2 aromatic heterocycles. The molecule has 0 aliphatic rings. The van der Waals surface area contributed by atoms with Crippen molar-refractivity contribution in [1.29, 1.82) is 0 Å². The molecule has 0 saturated heterocycles. The van der Waals surface area contributed by atoms with Gasteiger partial charge in [-0.1, -0.05) is 45.6 Å². The first-order valence-electron chi connectivity index (χ1n) is 12.3. The van der Waals surface area contributed by atoms with Crippen molar-refractivity contribution < 1.29 is 33.9 Å². The maximum atomic E-state index is 6.39. The summed E-state index contributed by atoms with van der Waals surface area (Å²) in [7, 11) is 4.16. The summed E-state index contributed by atoms with van der Waals surface area (Å²) in [6.07, 6.45) is 13.8. The van der Waals surface area contributed by atoms with E-state index in [-0.39, 0.29) is 24.8 Å². The third kappa shape index (κ3) is 6.92. The minimum atomic E-state index is 0. The SMILES string of the molecule is CCCCCCn1c(N)c[n+](C)c1-c1cccc(-c2n(CCCCCC)c(N)c[n+]2C)c1.[Cl-].[Cl-]. The van der Waals surface area contributed by atoms with Crippen molar-refractivity contribution >= 4 is 11.6 Å². The molecule has 34 heavy (non-hydrogen) atoms. The van der Waals surface area contributed by atoms with Gasteiger partial charge >= 0.3 is 0 Å². The van der Waals surface area contributed by atoms with Crippen LogP contribution in [0.5, 0.6) is 0 Å². The van der Waals surface area contributed by atoms with Crippen LogP contribution in [0.4, 0.5) is 11.6 Å². The minimum Gasteiger partial charge on any atom is -1.00 e. The van der Waals surface area contributed by atoms with Crippen molar-refractivity contribution in [2.24, 2.45) is 14.1 Å². The smallest absolute Gasteiger partial charge is 0.290 e. The molecule has 190 valence electrons. The van der Waals surface area contributed by atoms with Crippen molar-refractivity contribution in [2.45, 2.75) is 78.3 Å². The molecule has 0 saturated carbocycles. The highest BCUT2D eigenvalue weighted by Crippen LogP contribution is 2.27. The van der Waals surface area contributed by atoms with E-state index >= 15 is 0 Å². The number of anilines is 2. The molecule has 4 N–H and O–H groups in total. The second-order valence-electron chi connectivity index (χ2n) is 8.98. The average Bonchev–Trinajstić information content (AvgIpc) is 3.22. The van der Waals surface area contributed by atoms with Gasteiger partial charge in [0.2, 0.25) is 11.6 Å². The van der Waals surface area contributed by atoms with Gasteiger partial charge < -0.3 is 36.3 Å². The fraction of sp³-hybridized carbons (Fsp3) is 0.538. The number of nitrogens with two attached hydrogens (primary N) is 2. The Bertz CT molecular complexity index is 947. The fourth-order valence-corrected chi connectivity index (χ4v) is 4.66. The van der Waals surface area contributed by atoms with E-state index in [2.05, 4.69) is 70.5 Å². The first kappa shape index (κ1) is 29.9. The van der Waals surface area contributed by atoms with Gasteiger partial charge in [0.25, 0.3) is 11.6 Å². The van der Waals surface area contributed by atoms with E-state index in [0.29, 0.717) is 0 Å². The largest absolute Gasteiger partial charge is 1.00 e. The lowest BCUT2D eigenvalue weighted by molar-refractivity contribution is -0.659. The van der Waals surface area contributed by atoms with Crippen LogP contribution >= 0.6 is 0 Å². The summed E-state index contributed by atoms with van der Waals surface area (Å²) in [5.41, 5.74) is 15.1. The van der Waals surface area contributed by atoms with Gasteiger partial charge in [-0.05, 0) is 43.9 Å². The van der Waals surface area contributed by atoms with E-state index in [0.717, 1.165) is 49.2 Å². The van der Waals surface area contributed by atoms with Crippen molar-refractivity contribution in [1.82, 2.24) is 9.13 Å². The molecule has 0 bridgehead atoms.